The highest BCUT2D eigenvalue weighted by Gasteiger charge is 2.09. The van der Waals surface area contributed by atoms with Crippen molar-refractivity contribution in [3.05, 3.63) is 72.1 Å². The molecule has 0 radical (unpaired) electrons. The van der Waals surface area contributed by atoms with Gasteiger partial charge in [0.2, 0.25) is 5.91 Å². The van der Waals surface area contributed by atoms with Crippen molar-refractivity contribution in [1.82, 2.24) is 14.9 Å². The first-order chi connectivity index (χ1) is 14.3. The van der Waals surface area contributed by atoms with Gasteiger partial charge in [0.25, 0.3) is 0 Å². The fraction of sp³-hybridized carbons (Fsp3) is 0.360. The number of nitrogens with one attached hydrogen (secondary N) is 1. The summed E-state index contributed by atoms with van der Waals surface area (Å²) in [6.45, 7) is 3.97. The number of aryl methyl sites for hydroxylation is 2. The number of amides is 1. The molecule has 4 heteroatoms. The van der Waals surface area contributed by atoms with Gasteiger partial charge < -0.3 is 9.88 Å². The van der Waals surface area contributed by atoms with Crippen molar-refractivity contribution >= 4 is 23.0 Å². The molecular formula is C25H31N3O. The number of imidazole rings is 1. The summed E-state index contributed by atoms with van der Waals surface area (Å²) >= 11 is 0. The second kappa shape index (κ2) is 11.2. The van der Waals surface area contributed by atoms with Crippen LogP contribution in [0.5, 0.6) is 0 Å². The topological polar surface area (TPSA) is 46.9 Å². The molecule has 29 heavy (non-hydrogen) atoms. The quantitative estimate of drug-likeness (QED) is 0.353. The Bertz CT molecular complexity index is 928. The number of rotatable bonds is 11. The van der Waals surface area contributed by atoms with Crippen LogP contribution in [-0.4, -0.2) is 22.0 Å². The molecule has 1 heterocycles. The van der Waals surface area contributed by atoms with Crippen LogP contribution in [0.3, 0.4) is 0 Å². The minimum absolute atomic E-state index is 0.0322. The second-order valence-electron chi connectivity index (χ2n) is 7.37. The highest BCUT2D eigenvalue weighted by atomic mass is 16.1. The standard InChI is InChI=1S/C25H31N3O/c1-2-3-20-28-23-15-10-9-14-22(23)27-24(28)16-8-5-11-19-26-25(29)18-17-21-12-6-4-7-13-21/h4,6-7,9-10,12-15,17-18H,2-3,5,8,11,16,19-20H2,1H3,(H,26,29)/b18-17+. The Morgan fingerprint density at radius 2 is 1.79 bits per heavy atom. The van der Waals surface area contributed by atoms with Gasteiger partial charge in [-0.1, -0.05) is 62.2 Å². The lowest BCUT2D eigenvalue weighted by molar-refractivity contribution is -0.116. The predicted molar refractivity (Wildman–Crippen MR) is 121 cm³/mol. The maximum Gasteiger partial charge on any atom is 0.243 e. The molecule has 152 valence electrons. The van der Waals surface area contributed by atoms with E-state index in [1.807, 2.05) is 36.4 Å². The maximum atomic E-state index is 11.9. The number of unbranched alkanes of at least 4 members (excludes halogenated alkanes) is 3. The number of hydrogen-bond acceptors (Lipinski definition) is 2. The summed E-state index contributed by atoms with van der Waals surface area (Å²) in [7, 11) is 0. The van der Waals surface area contributed by atoms with E-state index in [0.29, 0.717) is 6.54 Å². The van der Waals surface area contributed by atoms with Crippen molar-refractivity contribution in [1.29, 1.82) is 0 Å². The molecule has 1 N–H and O–H groups in total. The van der Waals surface area contributed by atoms with E-state index >= 15 is 0 Å². The molecule has 1 amide bonds. The fourth-order valence-corrected chi connectivity index (χ4v) is 3.47. The number of carbonyl (C=O) groups excluding carboxylic acids is 1. The van der Waals surface area contributed by atoms with Gasteiger partial charge in [0.1, 0.15) is 5.82 Å². The van der Waals surface area contributed by atoms with Gasteiger partial charge >= 0.3 is 0 Å². The Morgan fingerprint density at radius 3 is 2.62 bits per heavy atom. The average molecular weight is 390 g/mol. The third-order valence-corrected chi connectivity index (χ3v) is 5.07. The molecule has 0 aliphatic heterocycles. The Morgan fingerprint density at radius 1 is 1.00 bits per heavy atom. The van der Waals surface area contributed by atoms with Crippen LogP contribution >= 0.6 is 0 Å². The summed E-state index contributed by atoms with van der Waals surface area (Å²) in [5.41, 5.74) is 3.37. The molecule has 0 aliphatic carbocycles. The molecule has 4 nitrogen and oxygen atoms in total. The first-order valence-electron chi connectivity index (χ1n) is 10.7. The van der Waals surface area contributed by atoms with Crippen LogP contribution in [0.2, 0.25) is 0 Å². The molecule has 1 aromatic heterocycles. The molecule has 3 rings (SSSR count). The lowest BCUT2D eigenvalue weighted by Crippen LogP contribution is -2.22. The Kier molecular flexibility index (Phi) is 8.05. The van der Waals surface area contributed by atoms with Gasteiger partial charge in [0.05, 0.1) is 11.0 Å². The molecule has 0 unspecified atom stereocenters. The van der Waals surface area contributed by atoms with Crippen LogP contribution in [0.1, 0.15) is 50.4 Å². The predicted octanol–water partition coefficient (Wildman–Crippen LogP) is 5.38. The largest absolute Gasteiger partial charge is 0.353 e. The van der Waals surface area contributed by atoms with Crippen molar-refractivity contribution in [3.8, 4) is 0 Å². The number of nitrogens with zero attached hydrogens (tertiary/aromatic N) is 2. The molecule has 3 aromatic rings. The summed E-state index contributed by atoms with van der Waals surface area (Å²) in [5.74, 6) is 1.16. The summed E-state index contributed by atoms with van der Waals surface area (Å²) in [4.78, 5) is 16.8. The smallest absolute Gasteiger partial charge is 0.243 e. The first-order valence-corrected chi connectivity index (χ1v) is 10.7. The van der Waals surface area contributed by atoms with Crippen LogP contribution in [0, 0.1) is 0 Å². The third-order valence-electron chi connectivity index (χ3n) is 5.07. The van der Waals surface area contributed by atoms with Crippen LogP contribution in [0.4, 0.5) is 0 Å². The number of hydrogen-bond donors (Lipinski definition) is 1. The summed E-state index contributed by atoms with van der Waals surface area (Å²) < 4.78 is 2.38. The van der Waals surface area contributed by atoms with E-state index in [9.17, 15) is 4.79 Å². The number of benzene rings is 2. The van der Waals surface area contributed by atoms with Gasteiger partial charge in [0, 0.05) is 25.6 Å². The zero-order valence-electron chi connectivity index (χ0n) is 17.3. The number of carbonyl (C=O) groups is 1. The van der Waals surface area contributed by atoms with Crippen molar-refractivity contribution in [2.45, 2.75) is 52.0 Å². The molecule has 0 atom stereocenters. The number of para-hydroxylation sites is 2. The van der Waals surface area contributed by atoms with E-state index in [4.69, 9.17) is 4.98 Å². The van der Waals surface area contributed by atoms with Gasteiger partial charge in [-0.25, -0.2) is 4.98 Å². The molecule has 0 fully saturated rings. The van der Waals surface area contributed by atoms with E-state index in [1.54, 1.807) is 6.08 Å². The fourth-order valence-electron chi connectivity index (χ4n) is 3.47. The third kappa shape index (κ3) is 6.31. The lowest BCUT2D eigenvalue weighted by Gasteiger charge is -2.08. The lowest BCUT2D eigenvalue weighted by atomic mass is 10.2. The molecule has 0 spiro atoms. The monoisotopic (exact) mass is 389 g/mol. The molecule has 0 saturated heterocycles. The average Bonchev–Trinajstić information content (AvgIpc) is 3.11. The van der Waals surface area contributed by atoms with Crippen molar-refractivity contribution in [2.24, 2.45) is 0 Å². The van der Waals surface area contributed by atoms with Crippen LogP contribution in [-0.2, 0) is 17.8 Å². The minimum Gasteiger partial charge on any atom is -0.353 e. The summed E-state index contributed by atoms with van der Waals surface area (Å²) in [6, 6.07) is 18.3. The van der Waals surface area contributed by atoms with Gasteiger partial charge in [-0.15, -0.1) is 0 Å². The van der Waals surface area contributed by atoms with Crippen molar-refractivity contribution in [2.75, 3.05) is 6.54 Å². The molecule has 0 aliphatic rings. The van der Waals surface area contributed by atoms with Crippen LogP contribution < -0.4 is 5.32 Å². The highest BCUT2D eigenvalue weighted by Crippen LogP contribution is 2.18. The van der Waals surface area contributed by atoms with E-state index in [2.05, 4.69) is 41.1 Å². The van der Waals surface area contributed by atoms with Crippen LogP contribution in [0.15, 0.2) is 60.7 Å². The van der Waals surface area contributed by atoms with Crippen molar-refractivity contribution < 1.29 is 4.79 Å². The van der Waals surface area contributed by atoms with Gasteiger partial charge in [0.15, 0.2) is 0 Å². The van der Waals surface area contributed by atoms with Crippen molar-refractivity contribution in [3.63, 3.8) is 0 Å². The Labute approximate surface area is 173 Å². The number of aromatic nitrogens is 2. The van der Waals surface area contributed by atoms with E-state index in [0.717, 1.165) is 43.3 Å². The Balaban J connectivity index is 1.40. The zero-order chi connectivity index (χ0) is 20.3. The highest BCUT2D eigenvalue weighted by molar-refractivity contribution is 5.91. The minimum atomic E-state index is -0.0322. The molecule has 2 aromatic carbocycles. The molecule has 0 bridgehead atoms. The summed E-state index contributed by atoms with van der Waals surface area (Å²) in [6.07, 6.45) is 9.95. The maximum absolute atomic E-state index is 11.9. The normalized spacial score (nSPS) is 11.3. The first kappa shape index (κ1) is 20.8. The van der Waals surface area contributed by atoms with Gasteiger partial charge in [-0.2, -0.15) is 0 Å². The van der Waals surface area contributed by atoms with Gasteiger partial charge in [-0.3, -0.25) is 4.79 Å². The summed E-state index contributed by atoms with van der Waals surface area (Å²) in [5, 5.41) is 2.97. The van der Waals surface area contributed by atoms with Crippen LogP contribution in [0.25, 0.3) is 17.1 Å². The molecular weight excluding hydrogens is 358 g/mol. The van der Waals surface area contributed by atoms with E-state index in [-0.39, 0.29) is 5.91 Å². The SMILES string of the molecule is CCCCn1c(CCCCCNC(=O)/C=C/c2ccccc2)nc2ccccc21. The van der Waals surface area contributed by atoms with Gasteiger partial charge in [-0.05, 0) is 43.0 Å². The number of fused-ring (bicyclic) bond motifs is 1. The van der Waals surface area contributed by atoms with E-state index in [1.165, 1.54) is 24.2 Å². The molecule has 0 saturated carbocycles. The Hall–Kier alpha value is -2.88. The zero-order valence-corrected chi connectivity index (χ0v) is 17.3. The second-order valence-corrected chi connectivity index (χ2v) is 7.37. The van der Waals surface area contributed by atoms with E-state index < -0.39 is 0 Å².